The number of aromatic nitrogens is 1. The molecule has 11 nitrogen and oxygen atoms in total. The number of nitrogens with one attached hydrogen (secondary N) is 1. The molecule has 0 aliphatic carbocycles. The number of hydrogen-bond acceptors (Lipinski definition) is 9. The second-order valence-corrected chi connectivity index (χ2v) is 11.2. The van der Waals surface area contributed by atoms with Gasteiger partial charge in [-0.2, -0.15) is 0 Å². The lowest BCUT2D eigenvalue weighted by atomic mass is 9.91. The first-order valence-corrected chi connectivity index (χ1v) is 14.0. The molecule has 2 N–H and O–H groups in total. The third-order valence-corrected chi connectivity index (χ3v) is 8.52. The average molecular weight is 589 g/mol. The topological polar surface area (TPSA) is 128 Å². The SMILES string of the molecule is COC(=O)C1=C(CN2CCN3C(=O)N(C(C)C)CC3C2C(=O)O)NC(c2nccs2)=NC1c1ccc(F)c(F)c1C. The number of aliphatic imine (C=N–C) groups is 1. The lowest BCUT2D eigenvalue weighted by molar-refractivity contribution is -0.147. The second kappa shape index (κ2) is 11.2. The summed E-state index contributed by atoms with van der Waals surface area (Å²) in [5.74, 6) is -3.64. The van der Waals surface area contributed by atoms with E-state index >= 15 is 0 Å². The molecule has 0 saturated carbocycles. The molecule has 4 heterocycles. The Balaban J connectivity index is 1.59. The summed E-state index contributed by atoms with van der Waals surface area (Å²) in [7, 11) is 1.20. The number of benzene rings is 1. The van der Waals surface area contributed by atoms with Crippen LogP contribution in [-0.2, 0) is 14.3 Å². The van der Waals surface area contributed by atoms with E-state index < -0.39 is 41.7 Å². The molecule has 1 aromatic carbocycles. The van der Waals surface area contributed by atoms with Gasteiger partial charge in [-0.15, -0.1) is 11.3 Å². The molecule has 2 amide bonds. The molecule has 2 fully saturated rings. The average Bonchev–Trinajstić information content (AvgIpc) is 3.59. The number of hydrogen-bond donors (Lipinski definition) is 2. The number of carboxylic acids is 1. The smallest absolute Gasteiger partial charge is 0.338 e. The van der Waals surface area contributed by atoms with Crippen LogP contribution in [0.3, 0.4) is 0 Å². The fraction of sp³-hybridized carbons (Fsp3) is 0.444. The molecule has 3 aliphatic rings. The van der Waals surface area contributed by atoms with Crippen LogP contribution in [-0.4, -0.2) is 100 Å². The number of thiazole rings is 1. The third kappa shape index (κ3) is 5.05. The maximum Gasteiger partial charge on any atom is 0.338 e. The number of rotatable bonds is 7. The van der Waals surface area contributed by atoms with Crippen LogP contribution in [0.2, 0.25) is 0 Å². The fourth-order valence-electron chi connectivity index (χ4n) is 5.68. The first-order chi connectivity index (χ1) is 19.5. The van der Waals surface area contributed by atoms with Crippen molar-refractivity contribution in [3.8, 4) is 0 Å². The van der Waals surface area contributed by atoms with E-state index in [0.29, 0.717) is 23.1 Å². The van der Waals surface area contributed by atoms with Gasteiger partial charge in [0.05, 0.1) is 18.7 Å². The van der Waals surface area contributed by atoms with E-state index in [1.807, 2.05) is 13.8 Å². The zero-order valence-electron chi connectivity index (χ0n) is 22.9. The number of aliphatic carboxylic acids is 1. The van der Waals surface area contributed by atoms with Gasteiger partial charge in [-0.25, -0.2) is 23.4 Å². The fourth-order valence-corrected chi connectivity index (χ4v) is 6.26. The maximum absolute atomic E-state index is 14.7. The largest absolute Gasteiger partial charge is 0.480 e. The molecular weight excluding hydrogens is 558 g/mol. The van der Waals surface area contributed by atoms with Gasteiger partial charge in [0.2, 0.25) is 0 Å². The van der Waals surface area contributed by atoms with Crippen LogP contribution < -0.4 is 5.32 Å². The van der Waals surface area contributed by atoms with Crippen LogP contribution >= 0.6 is 11.3 Å². The van der Waals surface area contributed by atoms with Gasteiger partial charge in [0, 0.05) is 49.5 Å². The minimum Gasteiger partial charge on any atom is -0.480 e. The quantitative estimate of drug-likeness (QED) is 0.473. The van der Waals surface area contributed by atoms with E-state index in [2.05, 4.69) is 15.3 Å². The van der Waals surface area contributed by atoms with E-state index in [1.54, 1.807) is 26.3 Å². The van der Waals surface area contributed by atoms with Gasteiger partial charge in [0.1, 0.15) is 12.1 Å². The monoisotopic (exact) mass is 588 g/mol. The van der Waals surface area contributed by atoms with Crippen LogP contribution in [0.4, 0.5) is 13.6 Å². The number of ether oxygens (including phenoxy) is 1. The minimum atomic E-state index is -1.10. The van der Waals surface area contributed by atoms with Gasteiger partial charge in [0.15, 0.2) is 22.5 Å². The summed E-state index contributed by atoms with van der Waals surface area (Å²) < 4.78 is 33.8. The number of amidine groups is 1. The number of esters is 1. The minimum absolute atomic E-state index is 0.0184. The lowest BCUT2D eigenvalue weighted by Gasteiger charge is -2.42. The van der Waals surface area contributed by atoms with E-state index in [0.717, 1.165) is 6.07 Å². The highest BCUT2D eigenvalue weighted by molar-refractivity contribution is 7.11. The van der Waals surface area contributed by atoms with Gasteiger partial charge >= 0.3 is 18.0 Å². The summed E-state index contributed by atoms with van der Waals surface area (Å²) >= 11 is 1.29. The molecular formula is C27H30F2N6O5S. The normalized spacial score (nSPS) is 23.0. The summed E-state index contributed by atoms with van der Waals surface area (Å²) in [5, 5.41) is 15.7. The van der Waals surface area contributed by atoms with Crippen molar-refractivity contribution in [1.82, 2.24) is 25.0 Å². The van der Waals surface area contributed by atoms with Crippen molar-refractivity contribution in [1.29, 1.82) is 0 Å². The Hall–Kier alpha value is -3.91. The Morgan fingerprint density at radius 1 is 1.27 bits per heavy atom. The molecule has 41 heavy (non-hydrogen) atoms. The van der Waals surface area contributed by atoms with E-state index in [4.69, 9.17) is 4.74 Å². The molecule has 14 heteroatoms. The summed E-state index contributed by atoms with van der Waals surface area (Å²) in [5.41, 5.74) is 0.580. The van der Waals surface area contributed by atoms with E-state index in [-0.39, 0.29) is 48.4 Å². The number of methoxy groups -OCH3 is 1. The molecule has 0 spiro atoms. The molecule has 3 aliphatic heterocycles. The Labute approximate surface area is 239 Å². The second-order valence-electron chi connectivity index (χ2n) is 10.3. The summed E-state index contributed by atoms with van der Waals surface area (Å²) in [6.07, 6.45) is 1.58. The molecule has 0 radical (unpaired) electrons. The highest BCUT2D eigenvalue weighted by Crippen LogP contribution is 2.36. The van der Waals surface area contributed by atoms with Crippen molar-refractivity contribution in [3.63, 3.8) is 0 Å². The molecule has 0 bridgehead atoms. The number of carbonyl (C=O) groups is 3. The Morgan fingerprint density at radius 2 is 2.02 bits per heavy atom. The third-order valence-electron chi connectivity index (χ3n) is 7.74. The number of fused-ring (bicyclic) bond motifs is 1. The number of nitrogens with zero attached hydrogens (tertiary/aromatic N) is 5. The van der Waals surface area contributed by atoms with Crippen molar-refractivity contribution in [2.45, 2.75) is 44.9 Å². The Kier molecular flexibility index (Phi) is 7.79. The van der Waals surface area contributed by atoms with Crippen molar-refractivity contribution >= 4 is 35.1 Å². The molecule has 2 aromatic rings. The zero-order valence-corrected chi connectivity index (χ0v) is 23.7. The Morgan fingerprint density at radius 3 is 2.66 bits per heavy atom. The molecule has 1 aromatic heterocycles. The number of halogens is 2. The van der Waals surface area contributed by atoms with Crippen molar-refractivity contribution in [2.75, 3.05) is 33.3 Å². The predicted octanol–water partition coefficient (Wildman–Crippen LogP) is 2.53. The van der Waals surface area contributed by atoms with E-state index in [1.165, 1.54) is 31.4 Å². The van der Waals surface area contributed by atoms with E-state index in [9.17, 15) is 28.3 Å². The van der Waals surface area contributed by atoms with Gasteiger partial charge < -0.3 is 25.0 Å². The lowest BCUT2D eigenvalue weighted by Crippen LogP contribution is -2.62. The van der Waals surface area contributed by atoms with Crippen LogP contribution in [0.15, 0.2) is 40.0 Å². The number of piperazine rings is 1. The molecule has 2 saturated heterocycles. The highest BCUT2D eigenvalue weighted by atomic mass is 32.1. The first kappa shape index (κ1) is 28.6. The number of carboxylic acid groups (broad SMARTS) is 1. The molecule has 218 valence electrons. The van der Waals surface area contributed by atoms with Crippen molar-refractivity contribution in [2.24, 2.45) is 4.99 Å². The van der Waals surface area contributed by atoms with Gasteiger partial charge in [0.25, 0.3) is 0 Å². The number of urea groups is 1. The summed E-state index contributed by atoms with van der Waals surface area (Å²) in [4.78, 5) is 52.8. The summed E-state index contributed by atoms with van der Waals surface area (Å²) in [6.45, 7) is 5.90. The maximum atomic E-state index is 14.7. The molecule has 5 rings (SSSR count). The Bertz CT molecular complexity index is 1450. The van der Waals surface area contributed by atoms with Gasteiger partial charge in [-0.05, 0) is 38.0 Å². The van der Waals surface area contributed by atoms with Crippen LogP contribution in [0.1, 0.15) is 36.0 Å². The van der Waals surface area contributed by atoms with Crippen molar-refractivity contribution in [3.05, 3.63) is 62.7 Å². The number of amides is 2. The predicted molar refractivity (Wildman–Crippen MR) is 145 cm³/mol. The highest BCUT2D eigenvalue weighted by Gasteiger charge is 2.50. The molecule has 3 unspecified atom stereocenters. The van der Waals surface area contributed by atoms with Gasteiger partial charge in [-0.1, -0.05) is 6.07 Å². The standard InChI is InChI=1S/C27H30F2N6O5S/c1-13(2)35-12-18-22(25(36)37)33(8-9-34(18)27(35)39)11-17-19(26(38)40-4)21(15-5-6-16(28)20(29)14(15)3)32-23(31-17)24-30-7-10-41-24/h5-7,10,13,18,21-22H,8-9,11-12H2,1-4H3,(H,31,32)(H,36,37). The molecule has 3 atom stereocenters. The van der Waals surface area contributed by atoms with Crippen molar-refractivity contribution < 1.29 is 33.0 Å². The van der Waals surface area contributed by atoms with Crippen LogP contribution in [0, 0.1) is 18.6 Å². The first-order valence-electron chi connectivity index (χ1n) is 13.1. The van der Waals surface area contributed by atoms with Crippen LogP contribution in [0.5, 0.6) is 0 Å². The zero-order chi connectivity index (χ0) is 29.6. The van der Waals surface area contributed by atoms with Crippen LogP contribution in [0.25, 0.3) is 0 Å². The summed E-state index contributed by atoms with van der Waals surface area (Å²) in [6, 6.07) is -0.689. The van der Waals surface area contributed by atoms with Gasteiger partial charge in [-0.3, -0.25) is 14.7 Å². The number of carbonyl (C=O) groups excluding carboxylic acids is 2.